The molecule has 0 amide bonds. The monoisotopic (exact) mass is 334 g/mol. The van der Waals surface area contributed by atoms with Crippen LogP contribution in [0.15, 0.2) is 44.2 Å². The summed E-state index contributed by atoms with van der Waals surface area (Å²) in [5.41, 5.74) is 1.87. The molecule has 0 bridgehead atoms. The van der Waals surface area contributed by atoms with E-state index in [-0.39, 0.29) is 17.2 Å². The Morgan fingerprint density at radius 1 is 1.10 bits per heavy atom. The molecule has 0 atom stereocenters. The number of furan rings is 1. The van der Waals surface area contributed by atoms with Crippen LogP contribution in [-0.4, -0.2) is 14.9 Å². The summed E-state index contributed by atoms with van der Waals surface area (Å²) >= 11 is 3.17. The molecule has 6 heteroatoms. The molecule has 102 valence electrons. The highest BCUT2D eigenvalue weighted by atomic mass is 79.9. The van der Waals surface area contributed by atoms with E-state index in [1.165, 1.54) is 4.57 Å². The standard InChI is InChI=1S/C14H11BrN2O3/c1-16-9-4-3-8(7-10(9)17(2)14(16)19)13(18)11-5-6-12(15)20-11/h3-7H,1-2H3. The van der Waals surface area contributed by atoms with Crippen LogP contribution in [0.4, 0.5) is 0 Å². The van der Waals surface area contributed by atoms with E-state index in [2.05, 4.69) is 15.9 Å². The van der Waals surface area contributed by atoms with Gasteiger partial charge < -0.3 is 4.42 Å². The Balaban J connectivity index is 2.16. The summed E-state index contributed by atoms with van der Waals surface area (Å²) in [5.74, 6) is 0.0473. The zero-order chi connectivity index (χ0) is 14.4. The van der Waals surface area contributed by atoms with Crippen molar-refractivity contribution >= 4 is 32.7 Å². The van der Waals surface area contributed by atoms with Gasteiger partial charge in [0.25, 0.3) is 0 Å². The van der Waals surface area contributed by atoms with Crippen LogP contribution in [0.25, 0.3) is 11.0 Å². The molecule has 1 aromatic carbocycles. The first-order valence-corrected chi connectivity index (χ1v) is 6.74. The summed E-state index contributed by atoms with van der Waals surface area (Å²) < 4.78 is 8.84. The molecule has 5 nitrogen and oxygen atoms in total. The number of fused-ring (bicyclic) bond motifs is 1. The van der Waals surface area contributed by atoms with Crippen molar-refractivity contribution in [3.63, 3.8) is 0 Å². The Hall–Kier alpha value is -2.08. The molecule has 20 heavy (non-hydrogen) atoms. The van der Waals surface area contributed by atoms with Gasteiger partial charge >= 0.3 is 5.69 Å². The van der Waals surface area contributed by atoms with E-state index in [0.29, 0.717) is 15.7 Å². The zero-order valence-electron chi connectivity index (χ0n) is 10.9. The largest absolute Gasteiger partial charge is 0.446 e. The Labute approximate surface area is 122 Å². The molecule has 0 N–H and O–H groups in total. The first kappa shape index (κ1) is 12.9. The van der Waals surface area contributed by atoms with Gasteiger partial charge in [-0.2, -0.15) is 0 Å². The van der Waals surface area contributed by atoms with Crippen molar-refractivity contribution in [1.82, 2.24) is 9.13 Å². The van der Waals surface area contributed by atoms with Crippen LogP contribution in [0, 0.1) is 0 Å². The van der Waals surface area contributed by atoms with Crippen molar-refractivity contribution in [1.29, 1.82) is 0 Å². The van der Waals surface area contributed by atoms with Crippen LogP contribution < -0.4 is 5.69 Å². The average Bonchev–Trinajstić information content (AvgIpc) is 2.97. The van der Waals surface area contributed by atoms with Crippen molar-refractivity contribution in [3.8, 4) is 0 Å². The second-order valence-corrected chi connectivity index (χ2v) is 5.32. The second-order valence-electron chi connectivity index (χ2n) is 4.54. The highest BCUT2D eigenvalue weighted by molar-refractivity contribution is 9.10. The minimum absolute atomic E-state index is 0.120. The summed E-state index contributed by atoms with van der Waals surface area (Å²) in [4.78, 5) is 24.2. The third kappa shape index (κ3) is 1.84. The minimum atomic E-state index is -0.214. The lowest BCUT2D eigenvalue weighted by Crippen LogP contribution is -2.19. The number of hydrogen-bond acceptors (Lipinski definition) is 3. The number of carbonyl (C=O) groups excluding carboxylic acids is 1. The van der Waals surface area contributed by atoms with Gasteiger partial charge in [0.2, 0.25) is 5.78 Å². The molecule has 0 fully saturated rings. The summed E-state index contributed by atoms with van der Waals surface area (Å²) in [7, 11) is 3.39. The van der Waals surface area contributed by atoms with Crippen LogP contribution in [-0.2, 0) is 14.1 Å². The number of halogens is 1. The predicted octanol–water partition coefficient (Wildman–Crippen LogP) is 2.46. The van der Waals surface area contributed by atoms with Gasteiger partial charge in [0.15, 0.2) is 10.4 Å². The third-order valence-corrected chi connectivity index (χ3v) is 3.76. The van der Waals surface area contributed by atoms with Crippen LogP contribution in [0.5, 0.6) is 0 Å². The van der Waals surface area contributed by atoms with E-state index in [0.717, 1.165) is 5.52 Å². The number of nitrogens with zero attached hydrogens (tertiary/aromatic N) is 2. The van der Waals surface area contributed by atoms with Gasteiger partial charge in [-0.3, -0.25) is 13.9 Å². The lowest BCUT2D eigenvalue weighted by Gasteiger charge is -2.00. The molecule has 3 rings (SSSR count). The number of imidazole rings is 1. The molecule has 0 radical (unpaired) electrons. The second kappa shape index (κ2) is 4.49. The van der Waals surface area contributed by atoms with E-state index >= 15 is 0 Å². The van der Waals surface area contributed by atoms with Crippen molar-refractivity contribution in [2.75, 3.05) is 0 Å². The van der Waals surface area contributed by atoms with Crippen LogP contribution in [0.1, 0.15) is 16.1 Å². The quantitative estimate of drug-likeness (QED) is 0.676. The van der Waals surface area contributed by atoms with E-state index in [1.807, 2.05) is 0 Å². The normalized spacial score (nSPS) is 11.2. The molecule has 0 saturated heterocycles. The van der Waals surface area contributed by atoms with Gasteiger partial charge in [-0.1, -0.05) is 0 Å². The summed E-state index contributed by atoms with van der Waals surface area (Å²) in [6.45, 7) is 0. The molecular weight excluding hydrogens is 324 g/mol. The van der Waals surface area contributed by atoms with Crippen LogP contribution >= 0.6 is 15.9 Å². The fourth-order valence-corrected chi connectivity index (χ4v) is 2.53. The molecule has 0 aliphatic rings. The topological polar surface area (TPSA) is 57.1 Å². The average molecular weight is 335 g/mol. The van der Waals surface area contributed by atoms with Gasteiger partial charge in [0.1, 0.15) is 0 Å². The summed E-state index contributed by atoms with van der Waals surface area (Å²) in [5, 5.41) is 0. The molecule has 0 saturated carbocycles. The molecule has 3 aromatic rings. The van der Waals surface area contributed by atoms with Gasteiger partial charge in [-0.25, -0.2) is 4.79 Å². The molecule has 0 unspecified atom stereocenters. The SMILES string of the molecule is Cn1c(=O)n(C)c2cc(C(=O)c3ccc(Br)o3)ccc21. The number of benzene rings is 1. The molecule has 2 aromatic heterocycles. The maximum atomic E-state index is 12.3. The maximum absolute atomic E-state index is 12.3. The number of carbonyl (C=O) groups is 1. The number of ketones is 1. The molecule has 2 heterocycles. The van der Waals surface area contributed by atoms with Gasteiger partial charge in [-0.05, 0) is 46.3 Å². The molecule has 0 spiro atoms. The van der Waals surface area contributed by atoms with E-state index < -0.39 is 0 Å². The maximum Gasteiger partial charge on any atom is 0.328 e. The highest BCUT2D eigenvalue weighted by Gasteiger charge is 2.16. The lowest BCUT2D eigenvalue weighted by molar-refractivity contribution is 0.101. The summed E-state index contributed by atoms with van der Waals surface area (Å²) in [6, 6.07) is 8.45. The molecule has 0 aliphatic heterocycles. The highest BCUT2D eigenvalue weighted by Crippen LogP contribution is 2.20. The number of hydrogen-bond donors (Lipinski definition) is 0. The summed E-state index contributed by atoms with van der Waals surface area (Å²) in [6.07, 6.45) is 0. The van der Waals surface area contributed by atoms with Gasteiger partial charge in [0.05, 0.1) is 11.0 Å². The first-order chi connectivity index (χ1) is 9.49. The Morgan fingerprint density at radius 3 is 2.45 bits per heavy atom. The Bertz CT molecular complexity index is 886. The number of aryl methyl sites for hydroxylation is 2. The van der Waals surface area contributed by atoms with E-state index in [1.54, 1.807) is 49.0 Å². The van der Waals surface area contributed by atoms with Gasteiger partial charge in [-0.15, -0.1) is 0 Å². The minimum Gasteiger partial charge on any atom is -0.446 e. The molecular formula is C14H11BrN2O3. The lowest BCUT2D eigenvalue weighted by atomic mass is 10.1. The Morgan fingerprint density at radius 2 is 1.80 bits per heavy atom. The van der Waals surface area contributed by atoms with E-state index in [9.17, 15) is 9.59 Å². The number of rotatable bonds is 2. The fraction of sp³-hybridized carbons (Fsp3) is 0.143. The first-order valence-electron chi connectivity index (χ1n) is 5.94. The molecule has 0 aliphatic carbocycles. The van der Waals surface area contributed by atoms with Crippen molar-refractivity contribution in [2.45, 2.75) is 0 Å². The fourth-order valence-electron chi connectivity index (χ4n) is 2.23. The predicted molar refractivity (Wildman–Crippen MR) is 78.0 cm³/mol. The zero-order valence-corrected chi connectivity index (χ0v) is 12.5. The van der Waals surface area contributed by atoms with Crippen molar-refractivity contribution < 1.29 is 9.21 Å². The van der Waals surface area contributed by atoms with Crippen molar-refractivity contribution in [3.05, 3.63) is 56.8 Å². The van der Waals surface area contributed by atoms with Gasteiger partial charge in [0, 0.05) is 19.7 Å². The van der Waals surface area contributed by atoms with Crippen LogP contribution in [0.2, 0.25) is 0 Å². The number of aromatic nitrogens is 2. The smallest absolute Gasteiger partial charge is 0.328 e. The Kier molecular flexibility index (Phi) is 2.90. The van der Waals surface area contributed by atoms with E-state index in [4.69, 9.17) is 4.42 Å². The van der Waals surface area contributed by atoms with Crippen LogP contribution in [0.3, 0.4) is 0 Å². The van der Waals surface area contributed by atoms with Crippen molar-refractivity contribution in [2.24, 2.45) is 14.1 Å². The third-order valence-electron chi connectivity index (χ3n) is 3.33.